The van der Waals surface area contributed by atoms with Gasteiger partial charge in [-0.15, -0.1) is 9.24 Å². The lowest BCUT2D eigenvalue weighted by Gasteiger charge is -2.30. The molecular weight excluding hydrogens is 329 g/mol. The Morgan fingerprint density at radius 2 is 1.96 bits per heavy atom. The van der Waals surface area contributed by atoms with Crippen LogP contribution in [-0.2, 0) is 0 Å². The van der Waals surface area contributed by atoms with Crippen molar-refractivity contribution < 1.29 is 0 Å². The summed E-state index contributed by atoms with van der Waals surface area (Å²) in [7, 11) is 4.86. The summed E-state index contributed by atoms with van der Waals surface area (Å²) in [5.74, 6) is 0.877. The van der Waals surface area contributed by atoms with Crippen molar-refractivity contribution in [3.63, 3.8) is 0 Å². The van der Waals surface area contributed by atoms with Gasteiger partial charge in [0.1, 0.15) is 11.5 Å². The fraction of sp³-hybridized carbons (Fsp3) is 0.368. The molecule has 2 heterocycles. The molecule has 3 rings (SSSR count). The van der Waals surface area contributed by atoms with Crippen LogP contribution in [-0.4, -0.2) is 40.5 Å². The second-order valence-corrected chi connectivity index (χ2v) is 7.31. The highest BCUT2D eigenvalue weighted by Gasteiger charge is 2.26. The first-order valence-electron chi connectivity index (χ1n) is 8.61. The minimum absolute atomic E-state index is 0.339. The number of anilines is 1. The third-order valence-electron chi connectivity index (χ3n) is 4.74. The van der Waals surface area contributed by atoms with Gasteiger partial charge in [-0.2, -0.15) is 5.10 Å². The van der Waals surface area contributed by atoms with E-state index in [1.807, 2.05) is 6.92 Å². The van der Waals surface area contributed by atoms with Crippen LogP contribution < -0.4 is 10.6 Å². The third-order valence-corrected chi connectivity index (χ3v) is 5.13. The number of rotatable bonds is 5. The molecule has 1 aromatic heterocycles. The molecule has 25 heavy (non-hydrogen) atoms. The second kappa shape index (κ2) is 7.51. The average molecular weight is 355 g/mol. The maximum Gasteiger partial charge on any atom is 0.138 e. The van der Waals surface area contributed by atoms with Crippen molar-refractivity contribution in [1.82, 2.24) is 14.7 Å². The van der Waals surface area contributed by atoms with Crippen LogP contribution in [0, 0.1) is 5.41 Å². The van der Waals surface area contributed by atoms with Crippen molar-refractivity contribution in [2.75, 3.05) is 25.5 Å². The first-order chi connectivity index (χ1) is 12.0. The van der Waals surface area contributed by atoms with Gasteiger partial charge in [0.05, 0.1) is 11.6 Å². The van der Waals surface area contributed by atoms with Crippen molar-refractivity contribution in [3.05, 3.63) is 42.6 Å². The molecule has 1 atom stereocenters. The number of piperidine rings is 1. The molecule has 1 unspecified atom stereocenters. The summed E-state index contributed by atoms with van der Waals surface area (Å²) in [5.41, 5.74) is 3.26. The van der Waals surface area contributed by atoms with Crippen LogP contribution in [0.4, 0.5) is 5.82 Å². The van der Waals surface area contributed by atoms with E-state index in [9.17, 15) is 0 Å². The van der Waals surface area contributed by atoms with E-state index in [2.05, 4.69) is 62.0 Å². The molecule has 0 amide bonds. The van der Waals surface area contributed by atoms with E-state index in [0.29, 0.717) is 11.8 Å². The molecule has 1 aliphatic rings. The summed E-state index contributed by atoms with van der Waals surface area (Å²) in [6, 6.07) is 8.57. The number of hydrogen-bond acceptors (Lipinski definition) is 4. The topological polar surface area (TPSA) is 56.9 Å². The molecule has 0 bridgehead atoms. The summed E-state index contributed by atoms with van der Waals surface area (Å²) in [6.07, 6.45) is 3.79. The average Bonchev–Trinajstić information content (AvgIpc) is 2.96. The number of likely N-dealkylation sites (tertiary alicyclic amines) is 1. The van der Waals surface area contributed by atoms with Crippen LogP contribution in [0.1, 0.15) is 31.4 Å². The monoisotopic (exact) mass is 355 g/mol. The van der Waals surface area contributed by atoms with Crippen LogP contribution in [0.3, 0.4) is 0 Å². The molecule has 2 aromatic rings. The zero-order valence-electron chi connectivity index (χ0n) is 14.9. The summed E-state index contributed by atoms with van der Waals surface area (Å²) in [6.45, 7) is 7.76. The van der Waals surface area contributed by atoms with E-state index in [1.165, 1.54) is 0 Å². The summed E-state index contributed by atoms with van der Waals surface area (Å²) in [4.78, 5) is 2.35. The molecule has 0 radical (unpaired) electrons. The zero-order valence-corrected chi connectivity index (χ0v) is 16.1. The summed E-state index contributed by atoms with van der Waals surface area (Å²) < 4.78 is 2.08. The molecule has 6 heteroatoms. The van der Waals surface area contributed by atoms with Gasteiger partial charge in [-0.25, -0.2) is 4.68 Å². The number of hydrogen-bond donors (Lipinski definition) is 2. The number of aromatic nitrogens is 2. The number of nitrogens with zero attached hydrogens (tertiary/aromatic N) is 3. The Morgan fingerprint density at radius 1 is 1.32 bits per heavy atom. The van der Waals surface area contributed by atoms with E-state index < -0.39 is 0 Å². The fourth-order valence-electron chi connectivity index (χ4n) is 3.37. The van der Waals surface area contributed by atoms with Gasteiger partial charge >= 0.3 is 0 Å². The number of nitrogens with one attached hydrogen (secondary N) is 2. The molecule has 0 spiro atoms. The van der Waals surface area contributed by atoms with E-state index in [0.717, 1.165) is 53.9 Å². The zero-order chi connectivity index (χ0) is 18.0. The van der Waals surface area contributed by atoms with Crippen molar-refractivity contribution in [2.45, 2.75) is 25.8 Å². The van der Waals surface area contributed by atoms with Gasteiger partial charge in [0, 0.05) is 11.3 Å². The largest absolute Gasteiger partial charge is 0.347 e. The molecule has 1 aromatic carbocycles. The molecule has 2 N–H and O–H groups in total. The van der Waals surface area contributed by atoms with Gasteiger partial charge in [-0.1, -0.05) is 30.8 Å². The highest BCUT2D eigenvalue weighted by atomic mass is 31.0. The Balaban J connectivity index is 2.11. The lowest BCUT2D eigenvalue weighted by Crippen LogP contribution is -2.32. The second-order valence-electron chi connectivity index (χ2n) is 6.65. The van der Waals surface area contributed by atoms with Gasteiger partial charge in [-0.3, -0.25) is 0 Å². The van der Waals surface area contributed by atoms with Gasteiger partial charge in [0.25, 0.3) is 0 Å². The van der Waals surface area contributed by atoms with E-state index in [4.69, 9.17) is 10.5 Å². The highest BCUT2D eigenvalue weighted by Crippen LogP contribution is 2.34. The van der Waals surface area contributed by atoms with Crippen LogP contribution in [0.15, 0.2) is 37.0 Å². The molecule has 0 saturated carbocycles. The molecular formula is C19H26N5P. The lowest BCUT2D eigenvalue weighted by molar-refractivity contribution is 0.214. The normalized spacial score (nSPS) is 16.0. The Morgan fingerprint density at radius 3 is 2.52 bits per heavy atom. The van der Waals surface area contributed by atoms with E-state index in [-0.39, 0.29) is 0 Å². The van der Waals surface area contributed by atoms with Gasteiger partial charge < -0.3 is 15.6 Å². The van der Waals surface area contributed by atoms with E-state index in [1.54, 1.807) is 6.20 Å². The van der Waals surface area contributed by atoms with Crippen molar-refractivity contribution in [3.8, 4) is 11.3 Å². The Kier molecular flexibility index (Phi) is 5.36. The summed E-state index contributed by atoms with van der Waals surface area (Å²) >= 11 is 0. The molecule has 5 nitrogen and oxygen atoms in total. The van der Waals surface area contributed by atoms with Gasteiger partial charge in [0.2, 0.25) is 0 Å². The Hall–Kier alpha value is -1.97. The van der Waals surface area contributed by atoms with Gasteiger partial charge in [-0.05, 0) is 51.4 Å². The minimum Gasteiger partial charge on any atom is -0.347 e. The SMILES string of the molecule is C=CNc1c(C(C)=N)c(-c2ccc(P)cc2)nn1C1CCN(C)CC1. The highest BCUT2D eigenvalue weighted by molar-refractivity contribution is 7.27. The standard InChI is InChI=1S/C19H26N5P/c1-4-21-19-17(13(2)20)18(14-5-7-16(25)8-6-14)22-24(19)15-9-11-23(3)12-10-15/h4-8,15,20-21H,1,9-12,25H2,2-3H3. The van der Waals surface area contributed by atoms with Gasteiger partial charge in [0.15, 0.2) is 0 Å². The van der Waals surface area contributed by atoms with E-state index >= 15 is 0 Å². The maximum absolute atomic E-state index is 8.31. The third kappa shape index (κ3) is 3.68. The Labute approximate surface area is 151 Å². The van der Waals surface area contributed by atoms with Crippen molar-refractivity contribution in [1.29, 1.82) is 5.41 Å². The molecule has 1 aliphatic heterocycles. The van der Waals surface area contributed by atoms with Crippen LogP contribution in [0.25, 0.3) is 11.3 Å². The maximum atomic E-state index is 8.31. The van der Waals surface area contributed by atoms with Crippen LogP contribution in [0.2, 0.25) is 0 Å². The first-order valence-corrected chi connectivity index (χ1v) is 9.19. The quantitative estimate of drug-likeness (QED) is 0.639. The predicted octanol–water partition coefficient (Wildman–Crippen LogP) is 3.26. The molecule has 0 aliphatic carbocycles. The minimum atomic E-state index is 0.339. The first kappa shape index (κ1) is 17.8. The molecule has 132 valence electrons. The van der Waals surface area contributed by atoms with Crippen molar-refractivity contribution in [2.24, 2.45) is 0 Å². The van der Waals surface area contributed by atoms with Crippen molar-refractivity contribution >= 4 is 26.1 Å². The number of benzene rings is 1. The molecule has 1 fully saturated rings. The fourth-order valence-corrected chi connectivity index (χ4v) is 3.56. The van der Waals surface area contributed by atoms with Crippen LogP contribution >= 0.6 is 9.24 Å². The summed E-state index contributed by atoms with van der Waals surface area (Å²) in [5, 5.41) is 17.6. The predicted molar refractivity (Wildman–Crippen MR) is 109 cm³/mol. The van der Waals surface area contributed by atoms with Crippen LogP contribution in [0.5, 0.6) is 0 Å². The smallest absolute Gasteiger partial charge is 0.138 e. The molecule has 1 saturated heterocycles. The lowest BCUT2D eigenvalue weighted by atomic mass is 10.0. The Bertz CT molecular complexity index is 770.